The summed E-state index contributed by atoms with van der Waals surface area (Å²) in [5, 5.41) is 8.01. The standard InChI is InChI=1S/3C20H23N3O2/c3*1-14-6-5-7-16(10-14)18-8-3-4-9-23(18)20(25)19(24)22-17-11-15(2)12-21-13-17/h3*5-7,10-13,18H,3-4,8-9H2,1-2H3,(H,22,24)/t2*18-;/m10./s1. The first-order valence-corrected chi connectivity index (χ1v) is 25.9. The van der Waals surface area contributed by atoms with E-state index in [4.69, 9.17) is 0 Å². The van der Waals surface area contributed by atoms with Crippen molar-refractivity contribution in [3.8, 4) is 0 Å². The molecule has 390 valence electrons. The molecular weight excluding hydrogens is 943 g/mol. The van der Waals surface area contributed by atoms with E-state index >= 15 is 0 Å². The van der Waals surface area contributed by atoms with Crippen molar-refractivity contribution in [2.45, 2.75) is 117 Å². The van der Waals surface area contributed by atoms with Crippen LogP contribution in [0.15, 0.2) is 128 Å². The molecule has 6 aromatic rings. The highest BCUT2D eigenvalue weighted by atomic mass is 16.2. The molecule has 3 aliphatic heterocycles. The molecule has 3 aliphatic rings. The summed E-state index contributed by atoms with van der Waals surface area (Å²) in [6.45, 7) is 13.6. The van der Waals surface area contributed by atoms with Gasteiger partial charge in [-0.2, -0.15) is 0 Å². The van der Waals surface area contributed by atoms with Gasteiger partial charge in [-0.15, -0.1) is 0 Å². The van der Waals surface area contributed by atoms with Gasteiger partial charge in [-0.25, -0.2) is 0 Å². The number of aryl methyl sites for hydroxylation is 6. The topological polar surface area (TPSA) is 187 Å². The van der Waals surface area contributed by atoms with Gasteiger partial charge in [-0.05, 0) is 151 Å². The Kier molecular flexibility index (Phi) is 19.1. The number of rotatable bonds is 6. The van der Waals surface area contributed by atoms with E-state index in [0.29, 0.717) is 36.7 Å². The predicted octanol–water partition coefficient (Wildman–Crippen LogP) is 10.2. The lowest BCUT2D eigenvalue weighted by Gasteiger charge is -2.35. The number of hydrogen-bond acceptors (Lipinski definition) is 9. The summed E-state index contributed by atoms with van der Waals surface area (Å²) in [7, 11) is 0. The first-order chi connectivity index (χ1) is 36.1. The van der Waals surface area contributed by atoms with Crippen molar-refractivity contribution in [1.82, 2.24) is 29.7 Å². The summed E-state index contributed by atoms with van der Waals surface area (Å²) in [5.74, 6) is -3.25. The van der Waals surface area contributed by atoms with E-state index in [0.717, 1.165) is 108 Å². The third kappa shape index (κ3) is 15.2. The van der Waals surface area contributed by atoms with Gasteiger partial charge in [-0.1, -0.05) is 89.5 Å². The molecule has 3 N–H and O–H groups in total. The van der Waals surface area contributed by atoms with E-state index in [1.165, 1.54) is 0 Å². The number of benzene rings is 3. The molecule has 1 unspecified atom stereocenters. The Morgan fingerprint density at radius 1 is 0.373 bits per heavy atom. The van der Waals surface area contributed by atoms with Gasteiger partial charge in [0.1, 0.15) is 0 Å². The Bertz CT molecular complexity index is 2680. The fourth-order valence-electron chi connectivity index (χ4n) is 10.0. The number of piperidine rings is 3. The van der Waals surface area contributed by atoms with Crippen molar-refractivity contribution in [3.63, 3.8) is 0 Å². The molecular formula is C60H69N9O6. The Hall–Kier alpha value is -8.07. The van der Waals surface area contributed by atoms with Crippen LogP contribution in [0.2, 0.25) is 0 Å². The summed E-state index contributed by atoms with van der Waals surface area (Å²) in [6.07, 6.45) is 18.4. The van der Waals surface area contributed by atoms with Crippen molar-refractivity contribution in [3.05, 3.63) is 178 Å². The molecule has 6 amide bonds. The second kappa shape index (κ2) is 26.2. The number of anilines is 3. The minimum atomic E-state index is -0.605. The van der Waals surface area contributed by atoms with Gasteiger partial charge >= 0.3 is 35.4 Å². The van der Waals surface area contributed by atoms with Crippen LogP contribution in [-0.2, 0) is 28.8 Å². The average Bonchev–Trinajstić information content (AvgIpc) is 3.40. The van der Waals surface area contributed by atoms with E-state index < -0.39 is 35.4 Å². The van der Waals surface area contributed by atoms with E-state index in [2.05, 4.69) is 49.1 Å². The van der Waals surface area contributed by atoms with E-state index in [1.54, 1.807) is 70.1 Å². The van der Waals surface area contributed by atoms with Crippen LogP contribution in [0.25, 0.3) is 0 Å². The molecule has 3 atom stereocenters. The normalized spacial score (nSPS) is 17.2. The summed E-state index contributed by atoms with van der Waals surface area (Å²) in [4.78, 5) is 92.8. The van der Waals surface area contributed by atoms with Gasteiger partial charge in [0, 0.05) is 38.2 Å². The van der Waals surface area contributed by atoms with Gasteiger partial charge in [0.25, 0.3) is 0 Å². The minimum absolute atomic E-state index is 0.0393. The molecule has 0 radical (unpaired) electrons. The van der Waals surface area contributed by atoms with Crippen molar-refractivity contribution in [2.24, 2.45) is 0 Å². The maximum atomic E-state index is 12.7. The van der Waals surface area contributed by atoms with Crippen LogP contribution in [0, 0.1) is 41.5 Å². The van der Waals surface area contributed by atoms with E-state index in [1.807, 2.05) is 96.1 Å². The fourth-order valence-corrected chi connectivity index (χ4v) is 10.0. The highest BCUT2D eigenvalue weighted by Crippen LogP contribution is 2.34. The number of carbonyl (C=O) groups is 6. The Morgan fingerprint density at radius 2 is 0.653 bits per heavy atom. The summed E-state index contributed by atoms with van der Waals surface area (Å²) < 4.78 is 0. The van der Waals surface area contributed by atoms with Gasteiger partial charge in [0.2, 0.25) is 0 Å². The monoisotopic (exact) mass is 1010 g/mol. The highest BCUT2D eigenvalue weighted by Gasteiger charge is 2.34. The van der Waals surface area contributed by atoms with Crippen LogP contribution >= 0.6 is 0 Å². The van der Waals surface area contributed by atoms with Crippen LogP contribution in [0.5, 0.6) is 0 Å². The molecule has 6 heterocycles. The summed E-state index contributed by atoms with van der Waals surface area (Å²) in [5.41, 5.74) is 11.2. The average molecular weight is 1010 g/mol. The molecule has 0 bridgehead atoms. The molecule has 3 aromatic heterocycles. The molecule has 0 saturated carbocycles. The van der Waals surface area contributed by atoms with Gasteiger partial charge in [0.15, 0.2) is 0 Å². The zero-order valence-electron chi connectivity index (χ0n) is 44.0. The second-order valence-corrected chi connectivity index (χ2v) is 19.9. The number of nitrogens with zero attached hydrogens (tertiary/aromatic N) is 6. The largest absolute Gasteiger partial charge is 0.327 e. The lowest BCUT2D eigenvalue weighted by Crippen LogP contribution is -2.44. The maximum Gasteiger partial charge on any atom is 0.313 e. The molecule has 15 heteroatoms. The van der Waals surface area contributed by atoms with Gasteiger partial charge in [0.05, 0.1) is 53.8 Å². The lowest BCUT2D eigenvalue weighted by atomic mass is 9.94. The van der Waals surface area contributed by atoms with Gasteiger partial charge < -0.3 is 30.7 Å². The molecule has 3 aromatic carbocycles. The number of amides is 6. The third-order valence-electron chi connectivity index (χ3n) is 13.6. The van der Waals surface area contributed by atoms with E-state index in [-0.39, 0.29) is 18.1 Å². The SMILES string of the molecule is Cc1cncc(NC(=O)C(=O)N2CCCCC2c2cccc(C)c2)c1.Cc1cncc(NC(=O)C(=O)N2CCCC[C@@H]2c2cccc(C)c2)c1.Cc1cncc(NC(=O)C(=O)N2CCCC[C@H]2c2cccc(C)c2)c1. The second-order valence-electron chi connectivity index (χ2n) is 19.9. The zero-order valence-corrected chi connectivity index (χ0v) is 44.0. The Labute approximate surface area is 440 Å². The molecule has 15 nitrogen and oxygen atoms in total. The molecule has 0 spiro atoms. The first-order valence-electron chi connectivity index (χ1n) is 25.9. The number of nitrogens with one attached hydrogen (secondary N) is 3. The third-order valence-corrected chi connectivity index (χ3v) is 13.6. The van der Waals surface area contributed by atoms with Crippen LogP contribution in [0.1, 0.15) is 126 Å². The number of aromatic nitrogens is 3. The molecule has 0 aliphatic carbocycles. The molecule has 9 rings (SSSR count). The number of carbonyl (C=O) groups excluding carboxylic acids is 6. The van der Waals surface area contributed by atoms with Crippen molar-refractivity contribution in [2.75, 3.05) is 35.6 Å². The minimum Gasteiger partial charge on any atom is -0.327 e. The van der Waals surface area contributed by atoms with Crippen molar-refractivity contribution in [1.29, 1.82) is 0 Å². The predicted molar refractivity (Wildman–Crippen MR) is 291 cm³/mol. The Morgan fingerprint density at radius 3 is 0.907 bits per heavy atom. The van der Waals surface area contributed by atoms with E-state index in [9.17, 15) is 28.8 Å². The van der Waals surface area contributed by atoms with Crippen LogP contribution < -0.4 is 16.0 Å². The van der Waals surface area contributed by atoms with Crippen LogP contribution in [0.4, 0.5) is 17.1 Å². The van der Waals surface area contributed by atoms with Crippen molar-refractivity contribution >= 4 is 52.5 Å². The highest BCUT2D eigenvalue weighted by molar-refractivity contribution is 6.40. The number of hydrogen-bond donors (Lipinski definition) is 3. The molecule has 3 saturated heterocycles. The fraction of sp³-hybridized carbons (Fsp3) is 0.350. The summed E-state index contributed by atoms with van der Waals surface area (Å²) in [6, 6.07) is 29.8. The maximum absolute atomic E-state index is 12.7. The lowest BCUT2D eigenvalue weighted by molar-refractivity contribution is -0.145. The van der Waals surface area contributed by atoms with Crippen LogP contribution in [-0.4, -0.2) is 84.7 Å². The van der Waals surface area contributed by atoms with Crippen molar-refractivity contribution < 1.29 is 28.8 Å². The van der Waals surface area contributed by atoms with Gasteiger partial charge in [-0.3, -0.25) is 43.7 Å². The quantitative estimate of drug-likeness (QED) is 0.137. The summed E-state index contributed by atoms with van der Waals surface area (Å²) >= 11 is 0. The molecule has 3 fully saturated rings. The van der Waals surface area contributed by atoms with Crippen LogP contribution in [0.3, 0.4) is 0 Å². The number of likely N-dealkylation sites (tertiary alicyclic amines) is 3. The zero-order chi connectivity index (χ0) is 53.4. The Balaban J connectivity index is 0.000000164. The first kappa shape index (κ1) is 54.7. The number of pyridine rings is 3. The molecule has 75 heavy (non-hydrogen) atoms. The smallest absolute Gasteiger partial charge is 0.313 e.